The second-order valence-corrected chi connectivity index (χ2v) is 8.87. The second-order valence-electron chi connectivity index (χ2n) is 5.30. The first-order chi connectivity index (χ1) is 9.40. The molecule has 20 heavy (non-hydrogen) atoms. The predicted molar refractivity (Wildman–Crippen MR) is 113 cm³/mol. The first kappa shape index (κ1) is 19.0. The van der Waals surface area contributed by atoms with E-state index in [0.717, 1.165) is 18.8 Å². The molecule has 0 heterocycles. The predicted octanol–water partition coefficient (Wildman–Crippen LogP) is 6.65. The normalized spacial score (nSPS) is 12.1. The maximum atomic E-state index is 5.99. The lowest BCUT2D eigenvalue weighted by molar-refractivity contribution is 0.276. The van der Waals surface area contributed by atoms with E-state index >= 15 is 0 Å². The van der Waals surface area contributed by atoms with Gasteiger partial charge in [-0.15, -0.1) is 0 Å². The first-order valence-electron chi connectivity index (χ1n) is 6.81. The van der Waals surface area contributed by atoms with Crippen LogP contribution < -0.4 is 4.74 Å². The highest BCUT2D eigenvalue weighted by molar-refractivity contribution is 14.1. The third-order valence-electron chi connectivity index (χ3n) is 3.03. The van der Waals surface area contributed by atoms with Crippen molar-refractivity contribution in [1.82, 2.24) is 0 Å². The van der Waals surface area contributed by atoms with Crippen LogP contribution in [0.2, 0.25) is 0 Å². The smallest absolute Gasteiger partial charge is 0.145 e. The maximum Gasteiger partial charge on any atom is 0.145 e. The second kappa shape index (κ2) is 9.86. The molecule has 0 saturated carbocycles. The molecule has 0 bridgehead atoms. The van der Waals surface area contributed by atoms with Gasteiger partial charge in [-0.1, -0.05) is 18.6 Å². The lowest BCUT2D eigenvalue weighted by atomic mass is 10.0. The molecule has 1 unspecified atom stereocenters. The molecule has 1 aromatic carbocycles. The van der Waals surface area contributed by atoms with Crippen LogP contribution in [0.1, 0.15) is 40.0 Å². The topological polar surface area (TPSA) is 9.23 Å². The number of ether oxygens (including phenoxy) is 1. The molecule has 4 heteroatoms. The van der Waals surface area contributed by atoms with Gasteiger partial charge in [-0.25, -0.2) is 0 Å². The van der Waals surface area contributed by atoms with Crippen molar-refractivity contribution in [1.29, 1.82) is 0 Å². The monoisotopic (exact) mass is 610 g/mol. The number of allylic oxidation sites excluding steroid dienone is 2. The molecule has 112 valence electrons. The SMILES string of the molecule is CC(C)=CCCC(C)CCOc1c(I)cc(I)cc1I. The van der Waals surface area contributed by atoms with Crippen LogP contribution in [-0.2, 0) is 0 Å². The van der Waals surface area contributed by atoms with Crippen molar-refractivity contribution < 1.29 is 4.74 Å². The van der Waals surface area contributed by atoms with E-state index in [1.165, 1.54) is 29.1 Å². The lowest BCUT2D eigenvalue weighted by Crippen LogP contribution is -2.06. The number of benzene rings is 1. The Bertz CT molecular complexity index is 442. The molecule has 1 rings (SSSR count). The van der Waals surface area contributed by atoms with Crippen LogP contribution in [0.4, 0.5) is 0 Å². The Balaban J connectivity index is 2.39. The van der Waals surface area contributed by atoms with Crippen LogP contribution in [0.5, 0.6) is 5.75 Å². The number of rotatable bonds is 7. The zero-order valence-corrected chi connectivity index (χ0v) is 18.7. The summed E-state index contributed by atoms with van der Waals surface area (Å²) in [6.07, 6.45) is 5.87. The molecular weight excluding hydrogens is 589 g/mol. The van der Waals surface area contributed by atoms with E-state index in [9.17, 15) is 0 Å². The Morgan fingerprint density at radius 2 is 1.75 bits per heavy atom. The molecule has 0 radical (unpaired) electrons. The molecule has 0 spiro atoms. The summed E-state index contributed by atoms with van der Waals surface area (Å²) in [4.78, 5) is 0. The van der Waals surface area contributed by atoms with Gasteiger partial charge >= 0.3 is 0 Å². The van der Waals surface area contributed by atoms with Crippen molar-refractivity contribution >= 4 is 67.8 Å². The van der Waals surface area contributed by atoms with Crippen LogP contribution in [0.25, 0.3) is 0 Å². The van der Waals surface area contributed by atoms with Gasteiger partial charge in [-0.05, 0) is 119 Å². The van der Waals surface area contributed by atoms with Crippen molar-refractivity contribution in [3.8, 4) is 5.75 Å². The van der Waals surface area contributed by atoms with Gasteiger partial charge in [0.1, 0.15) is 5.75 Å². The first-order valence-corrected chi connectivity index (χ1v) is 10.0. The molecular formula is C16H21I3O. The minimum Gasteiger partial charge on any atom is -0.491 e. The standard InChI is InChI=1S/C16H21I3O/c1-11(2)5-4-6-12(3)7-8-20-16-14(18)9-13(17)10-15(16)19/h5,9-10,12H,4,6-8H2,1-3H3. The Morgan fingerprint density at radius 3 is 2.30 bits per heavy atom. The maximum absolute atomic E-state index is 5.99. The van der Waals surface area contributed by atoms with Gasteiger partial charge in [-0.2, -0.15) is 0 Å². The summed E-state index contributed by atoms with van der Waals surface area (Å²) < 4.78 is 9.66. The third-order valence-corrected chi connectivity index (χ3v) is 5.26. The Labute approximate surface area is 163 Å². The van der Waals surface area contributed by atoms with Gasteiger partial charge in [0.2, 0.25) is 0 Å². The zero-order chi connectivity index (χ0) is 15.1. The summed E-state index contributed by atoms with van der Waals surface area (Å²) in [6, 6.07) is 4.33. The summed E-state index contributed by atoms with van der Waals surface area (Å²) in [5.41, 5.74) is 1.41. The van der Waals surface area contributed by atoms with E-state index in [1.807, 2.05) is 0 Å². The zero-order valence-electron chi connectivity index (χ0n) is 12.2. The van der Waals surface area contributed by atoms with E-state index < -0.39 is 0 Å². The number of hydrogen-bond acceptors (Lipinski definition) is 1. The summed E-state index contributed by atoms with van der Waals surface area (Å²) in [6.45, 7) is 7.44. The van der Waals surface area contributed by atoms with Crippen molar-refractivity contribution in [3.63, 3.8) is 0 Å². The van der Waals surface area contributed by atoms with Crippen molar-refractivity contribution in [2.75, 3.05) is 6.61 Å². The molecule has 1 atom stereocenters. The van der Waals surface area contributed by atoms with E-state index in [1.54, 1.807) is 0 Å². The van der Waals surface area contributed by atoms with Gasteiger partial charge in [0.25, 0.3) is 0 Å². The highest BCUT2D eigenvalue weighted by atomic mass is 127. The van der Waals surface area contributed by atoms with Gasteiger partial charge in [0, 0.05) is 3.57 Å². The molecule has 0 aliphatic carbocycles. The van der Waals surface area contributed by atoms with Crippen molar-refractivity contribution in [2.24, 2.45) is 5.92 Å². The quantitative estimate of drug-likeness (QED) is 0.248. The lowest BCUT2D eigenvalue weighted by Gasteiger charge is -2.14. The van der Waals surface area contributed by atoms with E-state index in [0.29, 0.717) is 5.92 Å². The van der Waals surface area contributed by atoms with Crippen molar-refractivity contribution in [2.45, 2.75) is 40.0 Å². The molecule has 0 aliphatic heterocycles. The van der Waals surface area contributed by atoms with Crippen LogP contribution in [0.3, 0.4) is 0 Å². The largest absolute Gasteiger partial charge is 0.491 e. The Morgan fingerprint density at radius 1 is 1.15 bits per heavy atom. The minimum absolute atomic E-state index is 0.713. The Hall–Kier alpha value is 0.950. The molecule has 1 aromatic rings. The molecule has 0 aliphatic rings. The van der Waals surface area contributed by atoms with Crippen LogP contribution in [0, 0.1) is 16.6 Å². The highest BCUT2D eigenvalue weighted by Gasteiger charge is 2.09. The average molecular weight is 610 g/mol. The van der Waals surface area contributed by atoms with Crippen LogP contribution in [-0.4, -0.2) is 6.61 Å². The summed E-state index contributed by atoms with van der Waals surface area (Å²) >= 11 is 7.06. The van der Waals surface area contributed by atoms with E-state index in [2.05, 4.69) is 107 Å². The van der Waals surface area contributed by atoms with Gasteiger partial charge in [-0.3, -0.25) is 0 Å². The number of halogens is 3. The van der Waals surface area contributed by atoms with Gasteiger partial charge < -0.3 is 4.74 Å². The molecule has 0 N–H and O–H groups in total. The third kappa shape index (κ3) is 7.29. The molecule has 0 amide bonds. The fourth-order valence-corrected chi connectivity index (χ4v) is 5.72. The Kier molecular flexibility index (Phi) is 9.37. The van der Waals surface area contributed by atoms with Gasteiger partial charge in [0.05, 0.1) is 13.7 Å². The fourth-order valence-electron chi connectivity index (χ4n) is 1.83. The van der Waals surface area contributed by atoms with E-state index in [4.69, 9.17) is 4.74 Å². The molecule has 0 fully saturated rings. The number of hydrogen-bond donors (Lipinski definition) is 0. The summed E-state index contributed by atoms with van der Waals surface area (Å²) in [5, 5.41) is 0. The molecule has 0 saturated heterocycles. The fraction of sp³-hybridized carbons (Fsp3) is 0.500. The van der Waals surface area contributed by atoms with Crippen LogP contribution in [0.15, 0.2) is 23.8 Å². The summed E-state index contributed by atoms with van der Waals surface area (Å²) in [5.74, 6) is 1.76. The molecule has 0 aromatic heterocycles. The van der Waals surface area contributed by atoms with E-state index in [-0.39, 0.29) is 0 Å². The summed E-state index contributed by atoms with van der Waals surface area (Å²) in [7, 11) is 0. The average Bonchev–Trinajstić information content (AvgIpc) is 2.32. The van der Waals surface area contributed by atoms with Crippen molar-refractivity contribution in [3.05, 3.63) is 34.5 Å². The molecule has 1 nitrogen and oxygen atoms in total. The highest BCUT2D eigenvalue weighted by Crippen LogP contribution is 2.29. The van der Waals surface area contributed by atoms with Gasteiger partial charge in [0.15, 0.2) is 0 Å². The van der Waals surface area contributed by atoms with Crippen LogP contribution >= 0.6 is 67.8 Å². The minimum atomic E-state index is 0.713.